The summed E-state index contributed by atoms with van der Waals surface area (Å²) >= 11 is 0. The molecule has 2 rings (SSSR count). The van der Waals surface area contributed by atoms with Crippen LogP contribution >= 0.6 is 0 Å². The average molecular weight is 137 g/mol. The van der Waals surface area contributed by atoms with Crippen LogP contribution in [0.1, 0.15) is 32.1 Å². The minimum absolute atomic E-state index is 0.794. The van der Waals surface area contributed by atoms with Gasteiger partial charge in [-0.05, 0) is 31.4 Å². The van der Waals surface area contributed by atoms with Crippen LogP contribution in [-0.4, -0.2) is 6.04 Å². The van der Waals surface area contributed by atoms with E-state index >= 15 is 0 Å². The third-order valence-corrected chi connectivity index (χ3v) is 2.79. The Morgan fingerprint density at radius 3 is 2.60 bits per heavy atom. The van der Waals surface area contributed by atoms with Crippen molar-refractivity contribution in [2.45, 2.75) is 38.1 Å². The van der Waals surface area contributed by atoms with Gasteiger partial charge in [-0.3, -0.25) is 0 Å². The molecular formula is C9H15N. The van der Waals surface area contributed by atoms with Crippen molar-refractivity contribution in [1.29, 1.82) is 0 Å². The fourth-order valence-electron chi connectivity index (χ4n) is 2.16. The molecule has 1 aliphatic heterocycles. The molecule has 10 heavy (non-hydrogen) atoms. The molecule has 0 spiro atoms. The zero-order valence-corrected chi connectivity index (χ0v) is 6.34. The minimum atomic E-state index is 0.794. The molecule has 1 fully saturated rings. The zero-order chi connectivity index (χ0) is 6.81. The van der Waals surface area contributed by atoms with Crippen molar-refractivity contribution in [3.05, 3.63) is 12.3 Å². The molecule has 0 aromatic carbocycles. The first-order chi connectivity index (χ1) is 4.97. The van der Waals surface area contributed by atoms with E-state index in [0.717, 1.165) is 12.0 Å². The molecule has 1 nitrogen and oxygen atoms in total. The summed E-state index contributed by atoms with van der Waals surface area (Å²) in [5.74, 6) is 0.981. The van der Waals surface area contributed by atoms with Crippen molar-refractivity contribution >= 4 is 0 Å². The van der Waals surface area contributed by atoms with Gasteiger partial charge in [-0.15, -0.1) is 0 Å². The number of rotatable bonds is 1. The molecule has 0 bridgehead atoms. The molecule has 56 valence electrons. The highest BCUT2D eigenvalue weighted by atomic mass is 14.9. The predicted molar refractivity (Wildman–Crippen MR) is 42.6 cm³/mol. The molecule has 2 aliphatic rings. The van der Waals surface area contributed by atoms with Gasteiger partial charge < -0.3 is 5.32 Å². The standard InChI is InChI=1S/C9H15N/c1-2-5-8(4-1)9-6-3-7-10-9/h3,7-10H,1-2,4-6H2. The van der Waals surface area contributed by atoms with Gasteiger partial charge in [0.2, 0.25) is 0 Å². The normalized spacial score (nSPS) is 33.0. The lowest BCUT2D eigenvalue weighted by atomic mass is 9.97. The average Bonchev–Trinajstić information content (AvgIpc) is 2.59. The van der Waals surface area contributed by atoms with E-state index in [-0.39, 0.29) is 0 Å². The van der Waals surface area contributed by atoms with Gasteiger partial charge in [0.1, 0.15) is 0 Å². The molecule has 0 saturated heterocycles. The topological polar surface area (TPSA) is 12.0 Å². The number of hydrogen-bond acceptors (Lipinski definition) is 1. The Morgan fingerprint density at radius 2 is 2.00 bits per heavy atom. The Labute approximate surface area is 62.5 Å². The molecule has 1 aliphatic carbocycles. The highest BCUT2D eigenvalue weighted by Gasteiger charge is 2.24. The Kier molecular flexibility index (Phi) is 1.66. The SMILES string of the molecule is C1=CNC(C2CCCC2)C1. The molecule has 1 saturated carbocycles. The van der Waals surface area contributed by atoms with Gasteiger partial charge >= 0.3 is 0 Å². The van der Waals surface area contributed by atoms with E-state index in [2.05, 4.69) is 17.6 Å². The van der Waals surface area contributed by atoms with Crippen LogP contribution in [0.25, 0.3) is 0 Å². The van der Waals surface area contributed by atoms with Crippen LogP contribution in [0.15, 0.2) is 12.3 Å². The summed E-state index contributed by atoms with van der Waals surface area (Å²) in [7, 11) is 0. The summed E-state index contributed by atoms with van der Waals surface area (Å²) in [6.07, 6.45) is 11.5. The highest BCUT2D eigenvalue weighted by molar-refractivity contribution is 4.98. The van der Waals surface area contributed by atoms with E-state index in [1.165, 1.54) is 32.1 Å². The van der Waals surface area contributed by atoms with E-state index in [1.807, 2.05) is 0 Å². The van der Waals surface area contributed by atoms with Crippen molar-refractivity contribution in [3.8, 4) is 0 Å². The van der Waals surface area contributed by atoms with Crippen molar-refractivity contribution < 1.29 is 0 Å². The lowest BCUT2D eigenvalue weighted by Gasteiger charge is -2.17. The third kappa shape index (κ3) is 1.05. The first-order valence-electron chi connectivity index (χ1n) is 4.38. The molecule has 1 unspecified atom stereocenters. The fourth-order valence-corrected chi connectivity index (χ4v) is 2.16. The maximum Gasteiger partial charge on any atom is 0.0318 e. The van der Waals surface area contributed by atoms with Crippen molar-refractivity contribution in [1.82, 2.24) is 5.32 Å². The maximum atomic E-state index is 3.42. The molecule has 0 aromatic rings. The largest absolute Gasteiger partial charge is 0.388 e. The quantitative estimate of drug-likeness (QED) is 0.583. The van der Waals surface area contributed by atoms with E-state index in [1.54, 1.807) is 0 Å². The van der Waals surface area contributed by atoms with Gasteiger partial charge in [-0.2, -0.15) is 0 Å². The van der Waals surface area contributed by atoms with Crippen LogP contribution in [0.2, 0.25) is 0 Å². The fraction of sp³-hybridized carbons (Fsp3) is 0.778. The minimum Gasteiger partial charge on any atom is -0.388 e. The molecule has 0 aromatic heterocycles. The first-order valence-corrected chi connectivity index (χ1v) is 4.38. The Hall–Kier alpha value is -0.460. The van der Waals surface area contributed by atoms with Gasteiger partial charge in [0.05, 0.1) is 0 Å². The number of hydrogen-bond donors (Lipinski definition) is 1. The molecule has 1 heteroatoms. The molecule has 0 radical (unpaired) electrons. The van der Waals surface area contributed by atoms with E-state index in [0.29, 0.717) is 0 Å². The molecule has 0 amide bonds. The van der Waals surface area contributed by atoms with E-state index in [4.69, 9.17) is 0 Å². The van der Waals surface area contributed by atoms with Crippen LogP contribution < -0.4 is 5.32 Å². The summed E-state index contributed by atoms with van der Waals surface area (Å²) in [6.45, 7) is 0. The second-order valence-corrected chi connectivity index (χ2v) is 3.46. The van der Waals surface area contributed by atoms with Crippen LogP contribution in [0.5, 0.6) is 0 Å². The Bertz CT molecular complexity index is 126. The van der Waals surface area contributed by atoms with Crippen molar-refractivity contribution in [3.63, 3.8) is 0 Å². The van der Waals surface area contributed by atoms with Gasteiger partial charge in [0.15, 0.2) is 0 Å². The second kappa shape index (κ2) is 2.65. The Balaban J connectivity index is 1.87. The smallest absolute Gasteiger partial charge is 0.0318 e. The molecule has 1 heterocycles. The predicted octanol–water partition coefficient (Wildman–Crippen LogP) is 2.05. The van der Waals surface area contributed by atoms with Gasteiger partial charge in [-0.25, -0.2) is 0 Å². The summed E-state index contributed by atoms with van der Waals surface area (Å²) in [5, 5.41) is 3.42. The first kappa shape index (κ1) is 6.26. The third-order valence-electron chi connectivity index (χ3n) is 2.79. The summed E-state index contributed by atoms with van der Waals surface area (Å²) < 4.78 is 0. The Morgan fingerprint density at radius 1 is 1.20 bits per heavy atom. The summed E-state index contributed by atoms with van der Waals surface area (Å²) in [5.41, 5.74) is 0. The van der Waals surface area contributed by atoms with Crippen molar-refractivity contribution in [2.75, 3.05) is 0 Å². The van der Waals surface area contributed by atoms with Crippen LogP contribution in [-0.2, 0) is 0 Å². The maximum absolute atomic E-state index is 3.42. The van der Waals surface area contributed by atoms with Gasteiger partial charge in [-0.1, -0.05) is 18.9 Å². The lowest BCUT2D eigenvalue weighted by molar-refractivity contribution is 0.408. The summed E-state index contributed by atoms with van der Waals surface area (Å²) in [4.78, 5) is 0. The van der Waals surface area contributed by atoms with E-state index < -0.39 is 0 Å². The van der Waals surface area contributed by atoms with Gasteiger partial charge in [0.25, 0.3) is 0 Å². The van der Waals surface area contributed by atoms with Crippen LogP contribution in [0.3, 0.4) is 0 Å². The van der Waals surface area contributed by atoms with Crippen molar-refractivity contribution in [2.24, 2.45) is 5.92 Å². The van der Waals surface area contributed by atoms with Gasteiger partial charge in [0, 0.05) is 6.04 Å². The molecular weight excluding hydrogens is 122 g/mol. The molecule has 1 N–H and O–H groups in total. The highest BCUT2D eigenvalue weighted by Crippen LogP contribution is 2.30. The van der Waals surface area contributed by atoms with Crippen LogP contribution in [0, 0.1) is 5.92 Å². The number of nitrogens with one attached hydrogen (secondary N) is 1. The zero-order valence-electron chi connectivity index (χ0n) is 6.34. The lowest BCUT2D eigenvalue weighted by Crippen LogP contribution is -2.27. The second-order valence-electron chi connectivity index (χ2n) is 3.46. The van der Waals surface area contributed by atoms with E-state index in [9.17, 15) is 0 Å². The molecule has 1 atom stereocenters. The summed E-state index contributed by atoms with van der Waals surface area (Å²) in [6, 6.07) is 0.794. The monoisotopic (exact) mass is 137 g/mol. The van der Waals surface area contributed by atoms with Crippen LogP contribution in [0.4, 0.5) is 0 Å².